The van der Waals surface area contributed by atoms with E-state index in [1.807, 2.05) is 0 Å². The van der Waals surface area contributed by atoms with E-state index in [-0.39, 0.29) is 20.3 Å². The molecule has 4 nitrogen and oxygen atoms in total. The number of fused-ring (bicyclic) bond motifs is 1. The summed E-state index contributed by atoms with van der Waals surface area (Å²) in [6, 6.07) is 13.5. The second-order valence-corrected chi connectivity index (χ2v) is 8.73. The Hall–Kier alpha value is -2.39. The van der Waals surface area contributed by atoms with Crippen LogP contribution in [0.2, 0.25) is 15.1 Å². The lowest BCUT2D eigenvalue weighted by Crippen LogP contribution is -2.10. The van der Waals surface area contributed by atoms with Crippen LogP contribution in [0.3, 0.4) is 0 Å². The molecule has 0 saturated carbocycles. The van der Waals surface area contributed by atoms with Crippen molar-refractivity contribution in [3.8, 4) is 11.3 Å². The third kappa shape index (κ3) is 4.54. The zero-order valence-corrected chi connectivity index (χ0v) is 18.8. The zero-order chi connectivity index (χ0) is 23.0. The first-order valence-corrected chi connectivity index (χ1v) is 10.9. The zero-order valence-electron chi connectivity index (χ0n) is 15.7. The van der Waals surface area contributed by atoms with Gasteiger partial charge >= 0.3 is 6.18 Å². The first-order chi connectivity index (χ1) is 15.1. The van der Waals surface area contributed by atoms with Crippen molar-refractivity contribution in [2.75, 3.05) is 4.72 Å². The standard InChI is InChI=1S/C21H11Cl3F3N3OS/c22-10-4-6-12(19-13-2-1-3-16(24)18(13)20(31)29-28-19)17(8-10)30-32-11-5-7-15(23)14(9-11)21(25,26)27/h1-9,30H,(H,29,31). The van der Waals surface area contributed by atoms with E-state index in [1.54, 1.807) is 36.4 Å². The molecule has 4 rings (SSSR count). The van der Waals surface area contributed by atoms with Crippen LogP contribution >= 0.6 is 46.8 Å². The molecular formula is C21H11Cl3F3N3OS. The highest BCUT2D eigenvalue weighted by Gasteiger charge is 2.33. The number of nitrogens with one attached hydrogen (secondary N) is 2. The van der Waals surface area contributed by atoms with Crippen molar-refractivity contribution in [1.29, 1.82) is 0 Å². The smallest absolute Gasteiger partial charge is 0.325 e. The number of nitrogens with zero attached hydrogens (tertiary/aromatic N) is 1. The fourth-order valence-corrected chi connectivity index (χ4v) is 4.45. The Morgan fingerprint density at radius 2 is 1.75 bits per heavy atom. The highest BCUT2D eigenvalue weighted by Crippen LogP contribution is 2.39. The van der Waals surface area contributed by atoms with Gasteiger partial charge in [-0.1, -0.05) is 46.9 Å². The SMILES string of the molecule is O=c1[nH]nc(-c2ccc(Cl)cc2NSc2ccc(Cl)c(C(F)(F)F)c2)c2cccc(Cl)c12. The molecular weight excluding hydrogens is 506 g/mol. The van der Waals surface area contributed by atoms with E-state index in [4.69, 9.17) is 34.8 Å². The second kappa shape index (κ2) is 8.86. The molecule has 164 valence electrons. The predicted molar refractivity (Wildman–Crippen MR) is 124 cm³/mol. The molecule has 0 radical (unpaired) electrons. The lowest BCUT2D eigenvalue weighted by molar-refractivity contribution is -0.137. The molecule has 0 aliphatic rings. The first-order valence-electron chi connectivity index (χ1n) is 8.91. The van der Waals surface area contributed by atoms with Crippen LogP contribution in [0.1, 0.15) is 5.56 Å². The Morgan fingerprint density at radius 3 is 2.50 bits per heavy atom. The highest BCUT2D eigenvalue weighted by molar-refractivity contribution is 8.00. The summed E-state index contributed by atoms with van der Waals surface area (Å²) in [5.41, 5.74) is 0.101. The number of alkyl halides is 3. The van der Waals surface area contributed by atoms with Crippen molar-refractivity contribution in [2.45, 2.75) is 11.1 Å². The van der Waals surface area contributed by atoms with Gasteiger partial charge in [0.1, 0.15) is 5.69 Å². The monoisotopic (exact) mass is 515 g/mol. The number of H-pyrrole nitrogens is 1. The van der Waals surface area contributed by atoms with Crippen molar-refractivity contribution < 1.29 is 13.2 Å². The molecule has 32 heavy (non-hydrogen) atoms. The minimum absolute atomic E-state index is 0.270. The van der Waals surface area contributed by atoms with Crippen molar-refractivity contribution >= 4 is 63.2 Å². The van der Waals surface area contributed by atoms with Gasteiger partial charge in [0.2, 0.25) is 0 Å². The minimum Gasteiger partial charge on any atom is -0.325 e. The normalized spacial score (nSPS) is 11.7. The summed E-state index contributed by atoms with van der Waals surface area (Å²) in [5, 5.41) is 7.68. The fourth-order valence-electron chi connectivity index (χ4n) is 3.09. The molecule has 0 aliphatic heterocycles. The maximum absolute atomic E-state index is 13.2. The molecule has 0 fully saturated rings. The summed E-state index contributed by atoms with van der Waals surface area (Å²) in [4.78, 5) is 12.5. The molecule has 2 N–H and O–H groups in total. The van der Waals surface area contributed by atoms with E-state index in [2.05, 4.69) is 14.9 Å². The number of halogens is 6. The van der Waals surface area contributed by atoms with E-state index in [1.165, 1.54) is 12.1 Å². The molecule has 0 aliphatic carbocycles. The number of anilines is 1. The lowest BCUT2D eigenvalue weighted by Gasteiger charge is -2.14. The third-order valence-corrected chi connectivity index (χ3v) is 6.22. The van der Waals surface area contributed by atoms with Gasteiger partial charge in [0, 0.05) is 20.9 Å². The fraction of sp³-hybridized carbons (Fsp3) is 0.0476. The van der Waals surface area contributed by atoms with Gasteiger partial charge in [-0.25, -0.2) is 5.10 Å². The van der Waals surface area contributed by atoms with Gasteiger partial charge in [0.15, 0.2) is 0 Å². The van der Waals surface area contributed by atoms with Crippen LogP contribution in [0.4, 0.5) is 18.9 Å². The number of benzene rings is 3. The summed E-state index contributed by atoms with van der Waals surface area (Å²) in [5.74, 6) is 0. The first kappa shape index (κ1) is 22.8. The molecule has 3 aromatic carbocycles. The van der Waals surface area contributed by atoms with Crippen LogP contribution < -0.4 is 10.3 Å². The number of aromatic amines is 1. The summed E-state index contributed by atoms with van der Waals surface area (Å²) in [6.07, 6.45) is -4.58. The summed E-state index contributed by atoms with van der Waals surface area (Å²) in [7, 11) is 0. The molecule has 0 amide bonds. The molecule has 1 aromatic heterocycles. The van der Waals surface area contributed by atoms with Gasteiger partial charge in [-0.3, -0.25) is 4.79 Å². The summed E-state index contributed by atoms with van der Waals surface area (Å²) in [6.45, 7) is 0. The summed E-state index contributed by atoms with van der Waals surface area (Å²) >= 11 is 19.0. The Bertz CT molecular complexity index is 1390. The number of rotatable bonds is 4. The van der Waals surface area contributed by atoms with Gasteiger partial charge in [-0.15, -0.1) is 0 Å². The second-order valence-electron chi connectivity index (χ2n) is 6.60. The van der Waals surface area contributed by atoms with E-state index in [0.717, 1.165) is 18.0 Å². The Morgan fingerprint density at radius 1 is 0.969 bits per heavy atom. The van der Waals surface area contributed by atoms with Gasteiger partial charge in [0.25, 0.3) is 5.56 Å². The van der Waals surface area contributed by atoms with Crippen LogP contribution in [-0.4, -0.2) is 10.2 Å². The molecule has 1 heterocycles. The Labute approximate surface area is 198 Å². The van der Waals surface area contributed by atoms with E-state index < -0.39 is 17.3 Å². The number of hydrogen-bond acceptors (Lipinski definition) is 4. The maximum atomic E-state index is 13.2. The van der Waals surface area contributed by atoms with Crippen LogP contribution in [-0.2, 0) is 6.18 Å². The minimum atomic E-state index is -4.58. The maximum Gasteiger partial charge on any atom is 0.417 e. The number of hydrogen-bond donors (Lipinski definition) is 2. The molecule has 0 spiro atoms. The van der Waals surface area contributed by atoms with E-state index in [9.17, 15) is 18.0 Å². The predicted octanol–water partition coefficient (Wildman–Crippen LogP) is 7.69. The van der Waals surface area contributed by atoms with Crippen molar-refractivity contribution in [3.05, 3.63) is 85.6 Å². The largest absolute Gasteiger partial charge is 0.417 e. The van der Waals surface area contributed by atoms with Crippen LogP contribution in [0.5, 0.6) is 0 Å². The van der Waals surface area contributed by atoms with Gasteiger partial charge in [-0.2, -0.15) is 18.3 Å². The van der Waals surface area contributed by atoms with Crippen molar-refractivity contribution in [3.63, 3.8) is 0 Å². The quantitative estimate of drug-likeness (QED) is 0.273. The van der Waals surface area contributed by atoms with Gasteiger partial charge in [0.05, 0.1) is 26.7 Å². The van der Waals surface area contributed by atoms with Gasteiger partial charge < -0.3 is 4.72 Å². The molecule has 0 bridgehead atoms. The van der Waals surface area contributed by atoms with Crippen molar-refractivity contribution in [1.82, 2.24) is 10.2 Å². The topological polar surface area (TPSA) is 57.8 Å². The van der Waals surface area contributed by atoms with E-state index in [0.29, 0.717) is 27.4 Å². The Kier molecular flexibility index (Phi) is 6.31. The van der Waals surface area contributed by atoms with Crippen LogP contribution in [0.25, 0.3) is 22.0 Å². The molecule has 0 atom stereocenters. The highest BCUT2D eigenvalue weighted by atomic mass is 35.5. The average Bonchev–Trinajstić information content (AvgIpc) is 2.73. The summed E-state index contributed by atoms with van der Waals surface area (Å²) < 4.78 is 42.5. The average molecular weight is 517 g/mol. The number of aromatic nitrogens is 2. The Balaban J connectivity index is 1.76. The van der Waals surface area contributed by atoms with E-state index >= 15 is 0 Å². The molecule has 0 unspecified atom stereocenters. The van der Waals surface area contributed by atoms with Crippen molar-refractivity contribution in [2.24, 2.45) is 0 Å². The molecule has 0 saturated heterocycles. The van der Waals surface area contributed by atoms with Crippen LogP contribution in [0, 0.1) is 0 Å². The third-order valence-electron chi connectivity index (χ3n) is 4.52. The molecule has 11 heteroatoms. The molecule has 4 aromatic rings. The van der Waals surface area contributed by atoms with Gasteiger partial charge in [-0.05, 0) is 54.4 Å². The van der Waals surface area contributed by atoms with Crippen LogP contribution in [0.15, 0.2) is 64.3 Å². The lowest BCUT2D eigenvalue weighted by atomic mass is 10.0.